The Bertz CT molecular complexity index is 1160. The average molecular weight is 466 g/mol. The predicted molar refractivity (Wildman–Crippen MR) is 128 cm³/mol. The standard InChI is InChI=1S/C22H24ClN3O2S.ClH/c1-16-19(23)8-5-9-20(16)25(2)29(27,28)22-11-10-21(26-14-12-24-13-15-26)17-6-3-4-7-18(17)22;/h3-11,24H,12-15H2,1-2H3;1H. The van der Waals surface area contributed by atoms with Gasteiger partial charge in [0, 0.05) is 54.7 Å². The van der Waals surface area contributed by atoms with Gasteiger partial charge in [0.05, 0.1) is 10.6 Å². The third-order valence-corrected chi connectivity index (χ3v) is 7.77. The zero-order valence-corrected chi connectivity index (χ0v) is 19.3. The van der Waals surface area contributed by atoms with Crippen molar-refractivity contribution in [1.29, 1.82) is 0 Å². The van der Waals surface area contributed by atoms with Gasteiger partial charge in [-0.2, -0.15) is 0 Å². The summed E-state index contributed by atoms with van der Waals surface area (Å²) in [5.74, 6) is 0. The Kier molecular flexibility index (Phi) is 6.82. The van der Waals surface area contributed by atoms with Gasteiger partial charge < -0.3 is 10.2 Å². The second-order valence-electron chi connectivity index (χ2n) is 7.22. The zero-order chi connectivity index (χ0) is 20.6. The van der Waals surface area contributed by atoms with Gasteiger partial charge in [-0.25, -0.2) is 8.42 Å². The third kappa shape index (κ3) is 3.97. The minimum Gasteiger partial charge on any atom is -0.368 e. The number of rotatable bonds is 4. The van der Waals surface area contributed by atoms with E-state index in [0.717, 1.165) is 48.2 Å². The van der Waals surface area contributed by atoms with Gasteiger partial charge in [0.2, 0.25) is 0 Å². The third-order valence-electron chi connectivity index (χ3n) is 5.54. The molecule has 0 atom stereocenters. The highest BCUT2D eigenvalue weighted by atomic mass is 35.5. The van der Waals surface area contributed by atoms with Crippen LogP contribution in [0.3, 0.4) is 0 Å². The summed E-state index contributed by atoms with van der Waals surface area (Å²) in [5.41, 5.74) is 2.39. The Morgan fingerprint density at radius 2 is 1.63 bits per heavy atom. The fourth-order valence-electron chi connectivity index (χ4n) is 3.88. The van der Waals surface area contributed by atoms with Crippen LogP contribution in [-0.4, -0.2) is 41.6 Å². The molecular formula is C22H25Cl2N3O2S. The second-order valence-corrected chi connectivity index (χ2v) is 9.57. The average Bonchev–Trinajstić information content (AvgIpc) is 2.75. The van der Waals surface area contributed by atoms with Gasteiger partial charge in [-0.3, -0.25) is 4.31 Å². The Balaban J connectivity index is 0.00000256. The molecule has 8 heteroatoms. The topological polar surface area (TPSA) is 52.7 Å². The Morgan fingerprint density at radius 1 is 0.967 bits per heavy atom. The Hall–Kier alpha value is -1.99. The highest BCUT2D eigenvalue weighted by Gasteiger charge is 2.26. The molecule has 1 fully saturated rings. The van der Waals surface area contributed by atoms with E-state index in [-0.39, 0.29) is 12.4 Å². The van der Waals surface area contributed by atoms with Crippen molar-refractivity contribution in [2.24, 2.45) is 0 Å². The first-order valence-corrected chi connectivity index (χ1v) is 11.4. The largest absolute Gasteiger partial charge is 0.368 e. The smallest absolute Gasteiger partial charge is 0.264 e. The molecule has 4 rings (SSSR count). The molecule has 30 heavy (non-hydrogen) atoms. The molecule has 0 aliphatic carbocycles. The molecule has 1 N–H and O–H groups in total. The molecular weight excluding hydrogens is 441 g/mol. The van der Waals surface area contributed by atoms with E-state index in [1.807, 2.05) is 37.3 Å². The number of benzene rings is 3. The van der Waals surface area contributed by atoms with Crippen LogP contribution in [0.15, 0.2) is 59.5 Å². The molecule has 0 bridgehead atoms. The molecule has 0 radical (unpaired) electrons. The lowest BCUT2D eigenvalue weighted by molar-refractivity contribution is 0.589. The lowest BCUT2D eigenvalue weighted by atomic mass is 10.1. The lowest BCUT2D eigenvalue weighted by Crippen LogP contribution is -2.43. The minimum absolute atomic E-state index is 0. The van der Waals surface area contributed by atoms with E-state index >= 15 is 0 Å². The Labute approximate surface area is 189 Å². The number of piperazine rings is 1. The maximum Gasteiger partial charge on any atom is 0.264 e. The molecule has 0 amide bonds. The summed E-state index contributed by atoms with van der Waals surface area (Å²) in [4.78, 5) is 2.61. The SMILES string of the molecule is Cc1c(Cl)cccc1N(C)S(=O)(=O)c1ccc(N2CCNCC2)c2ccccc12.Cl. The van der Waals surface area contributed by atoms with Crippen molar-refractivity contribution in [3.63, 3.8) is 0 Å². The van der Waals surface area contributed by atoms with Crippen LogP contribution in [0.2, 0.25) is 5.02 Å². The van der Waals surface area contributed by atoms with Crippen LogP contribution < -0.4 is 14.5 Å². The highest BCUT2D eigenvalue weighted by Crippen LogP contribution is 2.35. The summed E-state index contributed by atoms with van der Waals surface area (Å²) in [6, 6.07) is 16.7. The van der Waals surface area contributed by atoms with Crippen LogP contribution in [0, 0.1) is 6.92 Å². The van der Waals surface area contributed by atoms with Crippen LogP contribution in [0.4, 0.5) is 11.4 Å². The van der Waals surface area contributed by atoms with Crippen molar-refractivity contribution >= 4 is 56.2 Å². The van der Waals surface area contributed by atoms with Gasteiger partial charge in [0.15, 0.2) is 0 Å². The van der Waals surface area contributed by atoms with Crippen LogP contribution in [0.1, 0.15) is 5.56 Å². The van der Waals surface area contributed by atoms with Gasteiger partial charge in [0.1, 0.15) is 0 Å². The number of hydrogen-bond donors (Lipinski definition) is 1. The molecule has 0 aromatic heterocycles. The van der Waals surface area contributed by atoms with Gasteiger partial charge in [-0.15, -0.1) is 12.4 Å². The molecule has 160 valence electrons. The van der Waals surface area contributed by atoms with Crippen molar-refractivity contribution in [1.82, 2.24) is 5.32 Å². The van der Waals surface area contributed by atoms with E-state index in [4.69, 9.17) is 11.6 Å². The van der Waals surface area contributed by atoms with Crippen LogP contribution >= 0.6 is 24.0 Å². The number of anilines is 2. The molecule has 0 spiro atoms. The molecule has 0 saturated carbocycles. The van der Waals surface area contributed by atoms with Crippen molar-refractivity contribution in [2.75, 3.05) is 42.4 Å². The molecule has 3 aromatic rings. The number of hydrogen-bond acceptors (Lipinski definition) is 4. The maximum absolute atomic E-state index is 13.6. The first kappa shape index (κ1) is 22.7. The number of sulfonamides is 1. The summed E-state index contributed by atoms with van der Waals surface area (Å²) in [5, 5.41) is 5.58. The molecule has 3 aromatic carbocycles. The Morgan fingerprint density at radius 3 is 2.33 bits per heavy atom. The fraction of sp³-hybridized carbons (Fsp3) is 0.273. The maximum atomic E-state index is 13.6. The van der Waals surface area contributed by atoms with E-state index in [0.29, 0.717) is 15.6 Å². The van der Waals surface area contributed by atoms with Crippen molar-refractivity contribution in [2.45, 2.75) is 11.8 Å². The van der Waals surface area contributed by atoms with Crippen LogP contribution in [0.25, 0.3) is 10.8 Å². The molecule has 5 nitrogen and oxygen atoms in total. The van der Waals surface area contributed by atoms with Crippen molar-refractivity contribution < 1.29 is 8.42 Å². The van der Waals surface area contributed by atoms with E-state index in [1.54, 1.807) is 31.3 Å². The van der Waals surface area contributed by atoms with Gasteiger partial charge in [0.25, 0.3) is 10.0 Å². The molecule has 0 unspecified atom stereocenters. The fourth-order valence-corrected chi connectivity index (χ4v) is 5.49. The minimum atomic E-state index is -3.76. The van der Waals surface area contributed by atoms with E-state index < -0.39 is 10.0 Å². The summed E-state index contributed by atoms with van der Waals surface area (Å²) < 4.78 is 28.4. The van der Waals surface area contributed by atoms with E-state index in [9.17, 15) is 8.42 Å². The van der Waals surface area contributed by atoms with E-state index in [1.165, 1.54) is 4.31 Å². The molecule has 1 aliphatic heterocycles. The van der Waals surface area contributed by atoms with Crippen molar-refractivity contribution in [3.8, 4) is 0 Å². The van der Waals surface area contributed by atoms with Crippen molar-refractivity contribution in [3.05, 3.63) is 65.2 Å². The van der Waals surface area contributed by atoms with Gasteiger partial charge >= 0.3 is 0 Å². The monoisotopic (exact) mass is 465 g/mol. The first-order valence-electron chi connectivity index (χ1n) is 9.63. The van der Waals surface area contributed by atoms with Crippen LogP contribution in [-0.2, 0) is 10.0 Å². The summed E-state index contributed by atoms with van der Waals surface area (Å²) in [6.45, 7) is 5.47. The number of nitrogens with one attached hydrogen (secondary N) is 1. The summed E-state index contributed by atoms with van der Waals surface area (Å²) in [7, 11) is -2.19. The normalized spacial score (nSPS) is 14.4. The lowest BCUT2D eigenvalue weighted by Gasteiger charge is -2.31. The number of nitrogens with zero attached hydrogens (tertiary/aromatic N) is 2. The van der Waals surface area contributed by atoms with E-state index in [2.05, 4.69) is 10.2 Å². The molecule has 1 saturated heterocycles. The highest BCUT2D eigenvalue weighted by molar-refractivity contribution is 7.93. The van der Waals surface area contributed by atoms with Crippen LogP contribution in [0.5, 0.6) is 0 Å². The molecule has 1 aliphatic rings. The first-order chi connectivity index (χ1) is 13.9. The quantitative estimate of drug-likeness (QED) is 0.617. The van der Waals surface area contributed by atoms with Gasteiger partial charge in [-0.05, 0) is 36.8 Å². The number of fused-ring (bicyclic) bond motifs is 1. The zero-order valence-electron chi connectivity index (χ0n) is 16.9. The summed E-state index contributed by atoms with van der Waals surface area (Å²) in [6.07, 6.45) is 0. The predicted octanol–water partition coefficient (Wildman–Crippen LogP) is 4.46. The molecule has 1 heterocycles. The number of halogens is 2. The second kappa shape index (κ2) is 9.02. The van der Waals surface area contributed by atoms with Gasteiger partial charge in [-0.1, -0.05) is 41.9 Å². The summed E-state index contributed by atoms with van der Waals surface area (Å²) >= 11 is 6.22.